The van der Waals surface area contributed by atoms with Gasteiger partial charge in [0.2, 0.25) is 5.95 Å². The molecule has 35 heavy (non-hydrogen) atoms. The average molecular weight is 488 g/mol. The third-order valence-electron chi connectivity index (χ3n) is 4.83. The summed E-state index contributed by atoms with van der Waals surface area (Å²) in [5.74, 6) is 0.869. The fraction of sp³-hybridized carbons (Fsp3) is 0.0769. The van der Waals surface area contributed by atoms with Crippen molar-refractivity contribution in [1.82, 2.24) is 9.97 Å². The zero-order valence-electron chi connectivity index (χ0n) is 19.0. The first-order valence-corrected chi connectivity index (χ1v) is 10.8. The van der Waals surface area contributed by atoms with Crippen molar-refractivity contribution in [3.05, 3.63) is 99.3 Å². The topological polar surface area (TPSA) is 120 Å². The Morgan fingerprint density at radius 1 is 1.06 bits per heavy atom. The number of carbonyl (C=O) groups excluding carboxylic acids is 1. The Bertz CT molecular complexity index is 1410. The van der Waals surface area contributed by atoms with Crippen LogP contribution in [0.4, 0.5) is 17.3 Å². The maximum atomic E-state index is 12.3. The quantitative estimate of drug-likeness (QED) is 0.317. The minimum absolute atomic E-state index is 0.0325. The van der Waals surface area contributed by atoms with Crippen molar-refractivity contribution in [1.29, 1.82) is 5.26 Å². The largest absolute Gasteiger partial charge is 0.496 e. The number of aldehydes is 1. The molecule has 0 saturated heterocycles. The Hall–Kier alpha value is -4.61. The van der Waals surface area contributed by atoms with Crippen molar-refractivity contribution < 1.29 is 9.53 Å². The van der Waals surface area contributed by atoms with Crippen LogP contribution < -0.4 is 20.9 Å². The summed E-state index contributed by atoms with van der Waals surface area (Å²) in [6.07, 6.45) is 0.777. The van der Waals surface area contributed by atoms with E-state index in [0.29, 0.717) is 33.3 Å². The highest BCUT2D eigenvalue weighted by Gasteiger charge is 2.14. The van der Waals surface area contributed by atoms with Crippen molar-refractivity contribution in [3.8, 4) is 23.1 Å². The number of rotatable bonds is 6. The first-order valence-electron chi connectivity index (χ1n) is 10.4. The molecule has 0 atom stereocenters. The van der Waals surface area contributed by atoms with Crippen LogP contribution in [0, 0.1) is 11.3 Å². The lowest BCUT2D eigenvalue weighted by Crippen LogP contribution is -2.16. The fourth-order valence-corrected chi connectivity index (χ4v) is 3.23. The number of nitriles is 1. The second-order valence-electron chi connectivity index (χ2n) is 7.07. The molecule has 0 fully saturated rings. The number of nitrogens with zero attached hydrogens (tertiary/aromatic N) is 2. The lowest BCUT2D eigenvalue weighted by atomic mass is 10.1. The molecule has 4 aromatic rings. The Balaban J connectivity index is 0.000000287. The minimum Gasteiger partial charge on any atom is -0.496 e. The summed E-state index contributed by atoms with van der Waals surface area (Å²) in [5, 5.41) is 16.0. The number of hydrogen-bond acceptors (Lipinski definition) is 7. The van der Waals surface area contributed by atoms with Crippen LogP contribution in [0.5, 0.6) is 5.75 Å². The molecule has 3 N–H and O–H groups in total. The molecule has 0 amide bonds. The Morgan fingerprint density at radius 3 is 2.43 bits per heavy atom. The van der Waals surface area contributed by atoms with Crippen molar-refractivity contribution >= 4 is 35.2 Å². The van der Waals surface area contributed by atoms with Gasteiger partial charge in [0.05, 0.1) is 18.4 Å². The lowest BCUT2D eigenvalue weighted by Gasteiger charge is -2.10. The zero-order chi connectivity index (χ0) is 25.2. The van der Waals surface area contributed by atoms with Gasteiger partial charge in [0.1, 0.15) is 17.4 Å². The molecule has 1 aromatic heterocycles. The number of halogens is 1. The molecule has 0 unspecified atom stereocenters. The SMILES string of the molecule is CNc1cccc(-c2nc(Nc3ccc(Cl)cc3)[nH]c(=O)c2C#N)c1.COc1ccccc1C=O. The minimum atomic E-state index is -0.501. The normalized spacial score (nSPS) is 9.77. The maximum Gasteiger partial charge on any atom is 0.270 e. The molecule has 1 heterocycles. The summed E-state index contributed by atoms with van der Waals surface area (Å²) in [6.45, 7) is 0. The lowest BCUT2D eigenvalue weighted by molar-refractivity contribution is 0.112. The molecule has 9 heteroatoms. The van der Waals surface area contributed by atoms with E-state index in [2.05, 4.69) is 20.6 Å². The molecule has 0 saturated carbocycles. The predicted molar refractivity (Wildman–Crippen MR) is 138 cm³/mol. The average Bonchev–Trinajstić information content (AvgIpc) is 2.90. The van der Waals surface area contributed by atoms with E-state index in [1.54, 1.807) is 62.7 Å². The first-order chi connectivity index (χ1) is 17.0. The van der Waals surface area contributed by atoms with Crippen molar-refractivity contribution in [2.75, 3.05) is 24.8 Å². The molecule has 3 aromatic carbocycles. The van der Waals surface area contributed by atoms with E-state index >= 15 is 0 Å². The van der Waals surface area contributed by atoms with Gasteiger partial charge in [-0.15, -0.1) is 0 Å². The van der Waals surface area contributed by atoms with Crippen LogP contribution >= 0.6 is 11.6 Å². The highest BCUT2D eigenvalue weighted by Crippen LogP contribution is 2.24. The van der Waals surface area contributed by atoms with E-state index in [4.69, 9.17) is 16.3 Å². The van der Waals surface area contributed by atoms with Gasteiger partial charge in [0.25, 0.3) is 5.56 Å². The van der Waals surface area contributed by atoms with Crippen LogP contribution in [0.1, 0.15) is 15.9 Å². The van der Waals surface area contributed by atoms with Gasteiger partial charge in [-0.2, -0.15) is 5.26 Å². The van der Waals surface area contributed by atoms with E-state index < -0.39 is 5.56 Å². The summed E-state index contributed by atoms with van der Waals surface area (Å²) < 4.78 is 4.90. The van der Waals surface area contributed by atoms with Gasteiger partial charge in [-0.05, 0) is 48.5 Å². The Kier molecular flexibility index (Phi) is 8.59. The second-order valence-corrected chi connectivity index (χ2v) is 7.51. The van der Waals surface area contributed by atoms with Gasteiger partial charge < -0.3 is 15.4 Å². The summed E-state index contributed by atoms with van der Waals surface area (Å²) >= 11 is 5.87. The number of nitrogens with one attached hydrogen (secondary N) is 3. The van der Waals surface area contributed by atoms with Crippen molar-refractivity contribution in [2.45, 2.75) is 0 Å². The highest BCUT2D eigenvalue weighted by atomic mass is 35.5. The fourth-order valence-electron chi connectivity index (χ4n) is 3.10. The molecule has 0 aliphatic rings. The van der Waals surface area contributed by atoms with Gasteiger partial charge in [0.15, 0.2) is 6.29 Å². The summed E-state index contributed by atoms with van der Waals surface area (Å²) in [6, 6.07) is 23.3. The summed E-state index contributed by atoms with van der Waals surface area (Å²) in [4.78, 5) is 29.6. The third kappa shape index (κ3) is 6.47. The standard InChI is InChI=1S/C18H14ClN5O.C8H8O2/c1-21-14-4-2-3-11(9-14)16-15(10-20)17(25)24-18(23-16)22-13-7-5-12(19)6-8-13;1-10-8-5-3-2-4-7(8)6-9/h2-9,21H,1H3,(H2,22,23,24,25);2-6H,1H3. The molecule has 4 rings (SSSR count). The van der Waals surface area contributed by atoms with Gasteiger partial charge in [-0.1, -0.05) is 35.9 Å². The smallest absolute Gasteiger partial charge is 0.270 e. The predicted octanol–water partition coefficient (Wildman–Crippen LogP) is 5.25. The number of anilines is 3. The third-order valence-corrected chi connectivity index (χ3v) is 5.08. The molecule has 0 radical (unpaired) electrons. The van der Waals surface area contributed by atoms with Gasteiger partial charge in [0, 0.05) is 29.0 Å². The molecular weight excluding hydrogens is 466 g/mol. The number of methoxy groups -OCH3 is 1. The van der Waals surface area contributed by atoms with E-state index in [9.17, 15) is 14.9 Å². The number of ether oxygens (including phenoxy) is 1. The van der Waals surface area contributed by atoms with Crippen LogP contribution in [0.25, 0.3) is 11.3 Å². The van der Waals surface area contributed by atoms with Crippen molar-refractivity contribution in [3.63, 3.8) is 0 Å². The van der Waals surface area contributed by atoms with Crippen molar-refractivity contribution in [2.24, 2.45) is 0 Å². The Morgan fingerprint density at radius 2 is 1.80 bits per heavy atom. The number of aromatic nitrogens is 2. The van der Waals surface area contributed by atoms with Crippen LogP contribution in [0.15, 0.2) is 77.6 Å². The van der Waals surface area contributed by atoms with E-state index in [0.717, 1.165) is 12.0 Å². The van der Waals surface area contributed by atoms with E-state index in [-0.39, 0.29) is 11.5 Å². The first kappa shape index (κ1) is 25.0. The number of carbonyl (C=O) groups is 1. The zero-order valence-corrected chi connectivity index (χ0v) is 19.8. The highest BCUT2D eigenvalue weighted by molar-refractivity contribution is 6.30. The molecule has 8 nitrogen and oxygen atoms in total. The summed E-state index contributed by atoms with van der Waals surface area (Å²) in [7, 11) is 3.34. The van der Waals surface area contributed by atoms with Crippen LogP contribution in [-0.4, -0.2) is 30.4 Å². The van der Waals surface area contributed by atoms with E-state index in [1.807, 2.05) is 30.3 Å². The number of para-hydroxylation sites is 1. The van der Waals surface area contributed by atoms with Crippen LogP contribution in [0.3, 0.4) is 0 Å². The molecule has 0 bridgehead atoms. The molecule has 0 aliphatic heterocycles. The van der Waals surface area contributed by atoms with E-state index in [1.165, 1.54) is 0 Å². The molecule has 176 valence electrons. The molecule has 0 aliphatic carbocycles. The monoisotopic (exact) mass is 487 g/mol. The van der Waals surface area contributed by atoms with Gasteiger partial charge >= 0.3 is 0 Å². The number of hydrogen-bond donors (Lipinski definition) is 3. The molecule has 0 spiro atoms. The maximum absolute atomic E-state index is 12.3. The number of H-pyrrole nitrogens is 1. The molecular formula is C26H22ClN5O3. The van der Waals surface area contributed by atoms with Gasteiger partial charge in [-0.25, -0.2) is 4.98 Å². The van der Waals surface area contributed by atoms with Crippen LogP contribution in [0.2, 0.25) is 5.02 Å². The summed E-state index contributed by atoms with van der Waals surface area (Å²) in [5.41, 5.74) is 2.62. The van der Waals surface area contributed by atoms with Crippen LogP contribution in [-0.2, 0) is 0 Å². The number of benzene rings is 3. The Labute approximate surface area is 207 Å². The number of aromatic amines is 1. The van der Waals surface area contributed by atoms with Gasteiger partial charge in [-0.3, -0.25) is 14.6 Å². The second kappa shape index (κ2) is 12.0.